The molecule has 4 aromatic rings. The molecule has 1 aliphatic heterocycles. The predicted octanol–water partition coefficient (Wildman–Crippen LogP) is 5.41. The molecule has 0 radical (unpaired) electrons. The van der Waals surface area contributed by atoms with Gasteiger partial charge in [-0.15, -0.1) is 23.2 Å². The second kappa shape index (κ2) is 10.6. The van der Waals surface area contributed by atoms with Crippen LogP contribution in [0, 0.1) is 11.8 Å². The van der Waals surface area contributed by atoms with Crippen molar-refractivity contribution in [3.63, 3.8) is 0 Å². The number of benzene rings is 4. The Hall–Kier alpha value is -3.98. The van der Waals surface area contributed by atoms with Crippen molar-refractivity contribution in [3.05, 3.63) is 141 Å². The van der Waals surface area contributed by atoms with Crippen molar-refractivity contribution in [1.29, 1.82) is 0 Å². The maximum Gasteiger partial charge on any atom is 0.269 e. The number of halogens is 3. The van der Waals surface area contributed by atoms with Crippen LogP contribution in [-0.2, 0) is 30.6 Å². The van der Waals surface area contributed by atoms with E-state index in [-0.39, 0.29) is 6.42 Å². The number of alkyl halides is 2. The van der Waals surface area contributed by atoms with Crippen molar-refractivity contribution in [1.82, 2.24) is 15.8 Å². The van der Waals surface area contributed by atoms with Gasteiger partial charge in [0.2, 0.25) is 11.8 Å². The molecule has 4 aliphatic rings. The highest BCUT2D eigenvalue weighted by atomic mass is 79.9. The van der Waals surface area contributed by atoms with Gasteiger partial charge in [0, 0.05) is 16.5 Å². The van der Waals surface area contributed by atoms with Crippen LogP contribution in [0.25, 0.3) is 0 Å². The summed E-state index contributed by atoms with van der Waals surface area (Å²) in [6.07, 6.45) is 0.0161. The van der Waals surface area contributed by atoms with Gasteiger partial charge < -0.3 is 0 Å². The Morgan fingerprint density at radius 2 is 1.16 bits per heavy atom. The molecule has 2 N–H and O–H groups in total. The summed E-state index contributed by atoms with van der Waals surface area (Å²) < 4.78 is 0.793. The van der Waals surface area contributed by atoms with E-state index < -0.39 is 51.3 Å². The number of imide groups is 1. The second-order valence-corrected chi connectivity index (χ2v) is 13.3. The van der Waals surface area contributed by atoms with Gasteiger partial charge in [0.05, 0.1) is 11.8 Å². The number of amides is 4. The molecule has 1 heterocycles. The molecule has 220 valence electrons. The van der Waals surface area contributed by atoms with Crippen molar-refractivity contribution < 1.29 is 19.2 Å². The first-order valence-electron chi connectivity index (χ1n) is 14.0. The number of likely N-dealkylation sites (tertiary alicyclic amines) is 1. The first-order valence-corrected chi connectivity index (χ1v) is 15.6. The SMILES string of the molecule is O=C(NNC(=O)[C@@H](Cc1ccccc1)N1C(=O)[C@@H]2[C@H](C1=O)C1(Cl)c3ccccc3C2(Cl)c2ccccc21)c1ccc(Br)cc1. The molecular weight excluding hydrogens is 665 g/mol. The number of carbonyl (C=O) groups excluding carboxylic acids is 4. The van der Waals surface area contributed by atoms with Gasteiger partial charge >= 0.3 is 0 Å². The van der Waals surface area contributed by atoms with Crippen LogP contribution in [0.1, 0.15) is 38.2 Å². The molecule has 0 spiro atoms. The van der Waals surface area contributed by atoms with E-state index in [1.807, 2.05) is 66.7 Å². The summed E-state index contributed by atoms with van der Waals surface area (Å²) in [5, 5.41) is 0. The zero-order chi connectivity index (χ0) is 30.8. The monoisotopic (exact) mass is 687 g/mol. The van der Waals surface area contributed by atoms with Gasteiger partial charge in [0.25, 0.3) is 11.8 Å². The number of hydrazine groups is 1. The Labute approximate surface area is 271 Å². The van der Waals surface area contributed by atoms with E-state index in [9.17, 15) is 19.2 Å². The van der Waals surface area contributed by atoms with Crippen molar-refractivity contribution >= 4 is 62.8 Å². The largest absolute Gasteiger partial charge is 0.274 e. The average Bonchev–Trinajstić information content (AvgIpc) is 3.32. The highest BCUT2D eigenvalue weighted by Gasteiger charge is 2.73. The Kier molecular flexibility index (Phi) is 6.92. The van der Waals surface area contributed by atoms with Gasteiger partial charge in [0.1, 0.15) is 15.8 Å². The summed E-state index contributed by atoms with van der Waals surface area (Å²) in [5.41, 5.74) is 8.58. The highest BCUT2D eigenvalue weighted by Crippen LogP contribution is 2.69. The van der Waals surface area contributed by atoms with Gasteiger partial charge in [-0.3, -0.25) is 34.9 Å². The Morgan fingerprint density at radius 1 is 0.705 bits per heavy atom. The zero-order valence-corrected chi connectivity index (χ0v) is 26.1. The molecular formula is C34H24BrCl2N3O4. The molecule has 10 heteroatoms. The molecule has 0 aromatic heterocycles. The van der Waals surface area contributed by atoms with Crippen LogP contribution in [0.15, 0.2) is 108 Å². The van der Waals surface area contributed by atoms with Gasteiger partial charge in [-0.25, -0.2) is 0 Å². The molecule has 7 nitrogen and oxygen atoms in total. The lowest BCUT2D eigenvalue weighted by molar-refractivity contribution is -0.148. The summed E-state index contributed by atoms with van der Waals surface area (Å²) in [7, 11) is 0. The van der Waals surface area contributed by atoms with Gasteiger partial charge in [-0.05, 0) is 52.1 Å². The molecule has 4 amide bonds. The first kappa shape index (κ1) is 28.8. The number of nitrogens with one attached hydrogen (secondary N) is 2. The van der Waals surface area contributed by atoms with Crippen LogP contribution < -0.4 is 10.9 Å². The van der Waals surface area contributed by atoms with E-state index in [1.165, 1.54) is 0 Å². The number of rotatable bonds is 5. The van der Waals surface area contributed by atoms with Crippen LogP contribution in [0.4, 0.5) is 0 Å². The molecule has 8 rings (SSSR count). The Bertz CT molecular complexity index is 1730. The van der Waals surface area contributed by atoms with Gasteiger partial charge in [-0.1, -0.05) is 94.8 Å². The van der Waals surface area contributed by atoms with Crippen LogP contribution in [0.3, 0.4) is 0 Å². The van der Waals surface area contributed by atoms with Crippen molar-refractivity contribution in [2.75, 3.05) is 0 Å². The summed E-state index contributed by atoms with van der Waals surface area (Å²) in [5.74, 6) is -4.56. The van der Waals surface area contributed by atoms with E-state index in [0.717, 1.165) is 14.9 Å². The van der Waals surface area contributed by atoms with Crippen LogP contribution >= 0.6 is 39.1 Å². The van der Waals surface area contributed by atoms with Crippen molar-refractivity contribution in [2.24, 2.45) is 11.8 Å². The molecule has 0 unspecified atom stereocenters. The fourth-order valence-electron chi connectivity index (χ4n) is 7.01. The fourth-order valence-corrected chi connectivity index (χ4v) is 8.37. The van der Waals surface area contributed by atoms with E-state index in [1.54, 1.807) is 36.4 Å². The predicted molar refractivity (Wildman–Crippen MR) is 169 cm³/mol. The molecule has 4 aromatic carbocycles. The quantitative estimate of drug-likeness (QED) is 0.167. The van der Waals surface area contributed by atoms with Gasteiger partial charge in [0.15, 0.2) is 0 Å². The van der Waals surface area contributed by atoms with Crippen LogP contribution in [0.2, 0.25) is 0 Å². The molecule has 3 atom stereocenters. The third-order valence-corrected chi connectivity index (χ3v) is 10.7. The molecule has 44 heavy (non-hydrogen) atoms. The minimum atomic E-state index is -1.38. The zero-order valence-electron chi connectivity index (χ0n) is 23.0. The number of hydrogen-bond donors (Lipinski definition) is 2. The minimum absolute atomic E-state index is 0.0161. The lowest BCUT2D eigenvalue weighted by Crippen LogP contribution is -2.57. The second-order valence-electron chi connectivity index (χ2n) is 11.2. The number of carbonyl (C=O) groups is 4. The van der Waals surface area contributed by atoms with E-state index in [2.05, 4.69) is 26.8 Å². The topological polar surface area (TPSA) is 95.6 Å². The number of nitrogens with zero attached hydrogens (tertiary/aromatic N) is 1. The van der Waals surface area contributed by atoms with Crippen LogP contribution in [0.5, 0.6) is 0 Å². The number of hydrogen-bond acceptors (Lipinski definition) is 4. The summed E-state index contributed by atoms with van der Waals surface area (Å²) in [6.45, 7) is 0. The minimum Gasteiger partial charge on any atom is -0.274 e. The van der Waals surface area contributed by atoms with Crippen LogP contribution in [-0.4, -0.2) is 34.6 Å². The van der Waals surface area contributed by atoms with Gasteiger partial charge in [-0.2, -0.15) is 0 Å². The lowest BCUT2D eigenvalue weighted by atomic mass is 9.54. The lowest BCUT2D eigenvalue weighted by Gasteiger charge is -2.54. The highest BCUT2D eigenvalue weighted by molar-refractivity contribution is 9.10. The Morgan fingerprint density at radius 3 is 1.64 bits per heavy atom. The molecule has 0 saturated carbocycles. The smallest absolute Gasteiger partial charge is 0.269 e. The summed E-state index contributed by atoms with van der Waals surface area (Å²) in [6, 6.07) is 29.1. The van der Waals surface area contributed by atoms with Crippen molar-refractivity contribution in [2.45, 2.75) is 22.2 Å². The van der Waals surface area contributed by atoms with E-state index in [4.69, 9.17) is 23.2 Å². The first-order chi connectivity index (χ1) is 21.2. The Balaban J connectivity index is 1.28. The maximum atomic E-state index is 14.5. The van der Waals surface area contributed by atoms with E-state index >= 15 is 0 Å². The third kappa shape index (κ3) is 4.08. The maximum absolute atomic E-state index is 14.5. The third-order valence-electron chi connectivity index (χ3n) is 8.91. The molecule has 3 aliphatic carbocycles. The molecule has 2 bridgehead atoms. The average molecular weight is 689 g/mol. The fraction of sp³-hybridized carbons (Fsp3) is 0.176. The van der Waals surface area contributed by atoms with E-state index in [0.29, 0.717) is 27.8 Å². The standard InChI is InChI=1S/C34H24BrCl2N3O4/c35-21-16-14-20(15-17-21)29(41)38-39-30(42)26(18-19-8-2-1-3-9-19)40-31(43)27-28(32(40)44)34(37)23-11-5-4-10-22(23)33(27,36)24-12-6-7-13-25(24)34/h1-17,26-28H,18H2,(H,38,41)(H,39,42)/t26-,27-,28+,33?,34?/m1/s1. The molecule has 1 saturated heterocycles. The van der Waals surface area contributed by atoms with Crippen molar-refractivity contribution in [3.8, 4) is 0 Å². The summed E-state index contributed by atoms with van der Waals surface area (Å²) in [4.78, 5) is 54.0. The summed E-state index contributed by atoms with van der Waals surface area (Å²) >= 11 is 18.4. The molecule has 1 fully saturated rings. The normalized spacial score (nSPS) is 25.1.